The predicted octanol–water partition coefficient (Wildman–Crippen LogP) is 3.22. The number of hydrogen-bond donors (Lipinski definition) is 0. The lowest BCUT2D eigenvalue weighted by Gasteiger charge is -2.32. The average molecular weight is 330 g/mol. The standard InChI is InChI=1S/C20H30N2O2/c1-15(2)13-19(23)22-11-9-17(10-12-22)14-16-5-7-18(8-6-16)20(24)21(3)4/h5-8,15,17H,9-14H2,1-4H3. The largest absolute Gasteiger partial charge is 0.345 e. The number of carbonyl (C=O) groups excluding carboxylic acids is 2. The maximum absolute atomic E-state index is 12.1. The molecule has 0 saturated carbocycles. The Labute approximate surface area is 145 Å². The van der Waals surface area contributed by atoms with Crippen molar-refractivity contribution in [1.29, 1.82) is 0 Å². The maximum atomic E-state index is 12.1. The monoisotopic (exact) mass is 330 g/mol. The summed E-state index contributed by atoms with van der Waals surface area (Å²) < 4.78 is 0. The topological polar surface area (TPSA) is 40.6 Å². The van der Waals surface area contributed by atoms with Gasteiger partial charge >= 0.3 is 0 Å². The van der Waals surface area contributed by atoms with Crippen molar-refractivity contribution in [3.8, 4) is 0 Å². The van der Waals surface area contributed by atoms with Gasteiger partial charge in [-0.3, -0.25) is 9.59 Å². The van der Waals surface area contributed by atoms with Crippen LogP contribution >= 0.6 is 0 Å². The molecular formula is C20H30N2O2. The third kappa shape index (κ3) is 5.08. The molecule has 24 heavy (non-hydrogen) atoms. The highest BCUT2D eigenvalue weighted by molar-refractivity contribution is 5.93. The van der Waals surface area contributed by atoms with Gasteiger partial charge in [-0.2, -0.15) is 0 Å². The highest BCUT2D eigenvalue weighted by atomic mass is 16.2. The van der Waals surface area contributed by atoms with Gasteiger partial charge in [0.15, 0.2) is 0 Å². The van der Waals surface area contributed by atoms with Gasteiger partial charge < -0.3 is 9.80 Å². The molecule has 0 unspecified atom stereocenters. The molecule has 4 heteroatoms. The molecule has 1 heterocycles. The van der Waals surface area contributed by atoms with Crippen LogP contribution < -0.4 is 0 Å². The molecule has 2 amide bonds. The lowest BCUT2D eigenvalue weighted by atomic mass is 9.89. The first kappa shape index (κ1) is 18.5. The Bertz CT molecular complexity index is 556. The fourth-order valence-electron chi connectivity index (χ4n) is 3.24. The Morgan fingerprint density at radius 2 is 1.71 bits per heavy atom. The number of carbonyl (C=O) groups is 2. The molecule has 0 N–H and O–H groups in total. The number of piperidine rings is 1. The van der Waals surface area contributed by atoms with Gasteiger partial charge in [-0.15, -0.1) is 0 Å². The highest BCUT2D eigenvalue weighted by Gasteiger charge is 2.23. The van der Waals surface area contributed by atoms with Gasteiger partial charge in [0.1, 0.15) is 0 Å². The van der Waals surface area contributed by atoms with Gasteiger partial charge in [0.2, 0.25) is 5.91 Å². The van der Waals surface area contributed by atoms with Crippen LogP contribution in [0.4, 0.5) is 0 Å². The average Bonchev–Trinajstić information content (AvgIpc) is 2.55. The van der Waals surface area contributed by atoms with E-state index in [9.17, 15) is 9.59 Å². The van der Waals surface area contributed by atoms with E-state index in [0.717, 1.165) is 37.9 Å². The minimum atomic E-state index is 0.0403. The Hall–Kier alpha value is -1.84. The van der Waals surface area contributed by atoms with Crippen molar-refractivity contribution in [1.82, 2.24) is 9.80 Å². The van der Waals surface area contributed by atoms with E-state index >= 15 is 0 Å². The molecule has 0 radical (unpaired) electrons. The molecule has 0 atom stereocenters. The predicted molar refractivity (Wildman–Crippen MR) is 96.9 cm³/mol. The summed E-state index contributed by atoms with van der Waals surface area (Å²) in [5, 5.41) is 0. The first-order chi connectivity index (χ1) is 11.4. The molecule has 1 aliphatic rings. The smallest absolute Gasteiger partial charge is 0.253 e. The number of hydrogen-bond acceptors (Lipinski definition) is 2. The zero-order valence-corrected chi connectivity index (χ0v) is 15.4. The van der Waals surface area contributed by atoms with E-state index in [1.54, 1.807) is 19.0 Å². The Morgan fingerprint density at radius 3 is 2.21 bits per heavy atom. The zero-order valence-electron chi connectivity index (χ0n) is 15.4. The van der Waals surface area contributed by atoms with E-state index in [2.05, 4.69) is 26.0 Å². The molecule has 1 saturated heterocycles. The van der Waals surface area contributed by atoms with Gasteiger partial charge in [-0.1, -0.05) is 26.0 Å². The second-order valence-electron chi connectivity index (χ2n) is 7.52. The molecule has 2 rings (SSSR count). The first-order valence-corrected chi connectivity index (χ1v) is 8.95. The van der Waals surface area contributed by atoms with Gasteiger partial charge in [0.25, 0.3) is 5.91 Å². The van der Waals surface area contributed by atoms with Crippen molar-refractivity contribution in [2.24, 2.45) is 11.8 Å². The second kappa shape index (κ2) is 8.32. The fourth-order valence-corrected chi connectivity index (χ4v) is 3.24. The summed E-state index contributed by atoms with van der Waals surface area (Å²) in [4.78, 5) is 27.6. The second-order valence-corrected chi connectivity index (χ2v) is 7.52. The number of rotatable bonds is 5. The first-order valence-electron chi connectivity index (χ1n) is 8.95. The highest BCUT2D eigenvalue weighted by Crippen LogP contribution is 2.23. The third-order valence-electron chi connectivity index (χ3n) is 4.68. The lowest BCUT2D eigenvalue weighted by molar-refractivity contribution is -0.133. The van der Waals surface area contributed by atoms with Crippen LogP contribution in [0.5, 0.6) is 0 Å². The molecule has 0 spiro atoms. The van der Waals surface area contributed by atoms with Gasteiger partial charge in [0.05, 0.1) is 0 Å². The third-order valence-corrected chi connectivity index (χ3v) is 4.68. The van der Waals surface area contributed by atoms with Crippen LogP contribution in [0.3, 0.4) is 0 Å². The van der Waals surface area contributed by atoms with Gasteiger partial charge in [-0.25, -0.2) is 0 Å². The molecule has 1 aromatic carbocycles. The van der Waals surface area contributed by atoms with Crippen LogP contribution in [0.25, 0.3) is 0 Å². The SMILES string of the molecule is CC(C)CC(=O)N1CCC(Cc2ccc(C(=O)N(C)C)cc2)CC1. The van der Waals surface area contributed by atoms with Crippen LogP contribution in [-0.2, 0) is 11.2 Å². The molecular weight excluding hydrogens is 300 g/mol. The normalized spacial score (nSPS) is 15.6. The van der Waals surface area contributed by atoms with Crippen molar-refractivity contribution in [2.45, 2.75) is 39.5 Å². The quantitative estimate of drug-likeness (QED) is 0.832. The summed E-state index contributed by atoms with van der Waals surface area (Å²) in [6.45, 7) is 5.95. The van der Waals surface area contributed by atoms with Crippen molar-refractivity contribution < 1.29 is 9.59 Å². The number of benzene rings is 1. The fraction of sp³-hybridized carbons (Fsp3) is 0.600. The van der Waals surface area contributed by atoms with Crippen molar-refractivity contribution in [3.05, 3.63) is 35.4 Å². The van der Waals surface area contributed by atoms with Crippen LogP contribution in [0.15, 0.2) is 24.3 Å². The van der Waals surface area contributed by atoms with Gasteiger partial charge in [0, 0.05) is 39.2 Å². The molecule has 0 aromatic heterocycles. The van der Waals surface area contributed by atoms with Crippen LogP contribution in [0.2, 0.25) is 0 Å². The number of nitrogens with zero attached hydrogens (tertiary/aromatic N) is 2. The summed E-state index contributed by atoms with van der Waals surface area (Å²) in [5.74, 6) is 1.40. The minimum Gasteiger partial charge on any atom is -0.345 e. The summed E-state index contributed by atoms with van der Waals surface area (Å²) in [5.41, 5.74) is 2.01. The van der Waals surface area contributed by atoms with E-state index in [4.69, 9.17) is 0 Å². The van der Waals surface area contributed by atoms with E-state index in [-0.39, 0.29) is 5.91 Å². The Morgan fingerprint density at radius 1 is 1.12 bits per heavy atom. The molecule has 0 bridgehead atoms. The summed E-state index contributed by atoms with van der Waals surface area (Å²) >= 11 is 0. The number of likely N-dealkylation sites (tertiary alicyclic amines) is 1. The molecule has 1 aromatic rings. The molecule has 4 nitrogen and oxygen atoms in total. The summed E-state index contributed by atoms with van der Waals surface area (Å²) in [7, 11) is 3.54. The minimum absolute atomic E-state index is 0.0403. The van der Waals surface area contributed by atoms with Gasteiger partial charge in [-0.05, 0) is 48.8 Å². The summed E-state index contributed by atoms with van der Waals surface area (Å²) in [6, 6.07) is 7.96. The van der Waals surface area contributed by atoms with Crippen molar-refractivity contribution in [3.63, 3.8) is 0 Å². The van der Waals surface area contributed by atoms with Crippen molar-refractivity contribution >= 4 is 11.8 Å². The molecule has 0 aliphatic carbocycles. The molecule has 1 fully saturated rings. The van der Waals surface area contributed by atoms with Crippen molar-refractivity contribution in [2.75, 3.05) is 27.2 Å². The summed E-state index contributed by atoms with van der Waals surface area (Å²) in [6.07, 6.45) is 3.83. The molecule has 1 aliphatic heterocycles. The lowest BCUT2D eigenvalue weighted by Crippen LogP contribution is -2.39. The van der Waals surface area contributed by atoms with E-state index in [1.165, 1.54) is 5.56 Å². The maximum Gasteiger partial charge on any atom is 0.253 e. The Kier molecular flexibility index (Phi) is 6.41. The van der Waals surface area contributed by atoms with E-state index in [0.29, 0.717) is 24.2 Å². The van der Waals surface area contributed by atoms with E-state index < -0.39 is 0 Å². The Balaban J connectivity index is 1.83. The zero-order chi connectivity index (χ0) is 17.7. The van der Waals surface area contributed by atoms with Crippen LogP contribution in [-0.4, -0.2) is 48.8 Å². The van der Waals surface area contributed by atoms with Crippen LogP contribution in [0, 0.1) is 11.8 Å². The van der Waals surface area contributed by atoms with Crippen LogP contribution in [0.1, 0.15) is 49.0 Å². The molecule has 132 valence electrons. The number of amides is 2. The van der Waals surface area contributed by atoms with E-state index in [1.807, 2.05) is 17.0 Å².